The number of tetrazole rings is 1. The molecule has 2 N–H and O–H groups in total. The van der Waals surface area contributed by atoms with Crippen LogP contribution in [0.2, 0.25) is 0 Å². The molecule has 0 spiro atoms. The van der Waals surface area contributed by atoms with E-state index in [-0.39, 0.29) is 22.8 Å². The second-order valence-corrected chi connectivity index (χ2v) is 10.6. The lowest BCUT2D eigenvalue weighted by atomic mass is 9.92. The Bertz CT molecular complexity index is 1580. The van der Waals surface area contributed by atoms with Crippen LogP contribution < -0.4 is 0 Å². The van der Waals surface area contributed by atoms with Crippen LogP contribution in [-0.2, 0) is 13.0 Å². The normalized spacial score (nSPS) is 11.8. The van der Waals surface area contributed by atoms with Crippen LogP contribution in [0.3, 0.4) is 0 Å². The molecule has 0 saturated carbocycles. The summed E-state index contributed by atoms with van der Waals surface area (Å²) < 4.78 is 1.95. The minimum absolute atomic E-state index is 0.0632. The molecule has 0 aliphatic carbocycles. The topological polar surface area (TPSA) is 135 Å². The van der Waals surface area contributed by atoms with Crippen LogP contribution in [0, 0.1) is 5.41 Å². The molecule has 0 atom stereocenters. The van der Waals surface area contributed by atoms with E-state index in [2.05, 4.69) is 63.7 Å². The fourth-order valence-electron chi connectivity index (χ4n) is 4.58. The monoisotopic (exact) mass is 510 g/mol. The van der Waals surface area contributed by atoms with E-state index < -0.39 is 0 Å². The van der Waals surface area contributed by atoms with Gasteiger partial charge in [0.25, 0.3) is 5.88 Å². The molecular formula is C28H30N8O2. The van der Waals surface area contributed by atoms with Crippen molar-refractivity contribution in [1.29, 1.82) is 0 Å². The Morgan fingerprint density at radius 3 is 2.39 bits per heavy atom. The molecule has 0 bridgehead atoms. The molecule has 194 valence electrons. The Hall–Kier alpha value is -4.47. The molecule has 0 aliphatic heterocycles. The molecule has 2 aromatic carbocycles. The van der Waals surface area contributed by atoms with Crippen molar-refractivity contribution in [1.82, 2.24) is 40.4 Å². The largest absolute Gasteiger partial charge is 0.491 e. The SMILES string of the molecule is CCCC(=O)c1nnc(O)c2c1nc(CC(C)(C)C)n2Cc1ccc(-c2ccccc2-c2nnn[nH]2)cc1. The summed E-state index contributed by atoms with van der Waals surface area (Å²) in [5.41, 5.74) is 4.94. The van der Waals surface area contributed by atoms with Gasteiger partial charge in [-0.15, -0.1) is 15.3 Å². The maximum atomic E-state index is 12.8. The molecular weight excluding hydrogens is 480 g/mol. The molecule has 0 aliphatic rings. The van der Waals surface area contributed by atoms with Crippen molar-refractivity contribution >= 4 is 16.8 Å². The third-order valence-electron chi connectivity index (χ3n) is 6.29. The zero-order chi connectivity index (χ0) is 26.9. The number of nitrogens with zero attached hydrogens (tertiary/aromatic N) is 7. The first-order valence-corrected chi connectivity index (χ1v) is 12.7. The number of hydrogen-bond acceptors (Lipinski definition) is 8. The van der Waals surface area contributed by atoms with Crippen molar-refractivity contribution < 1.29 is 9.90 Å². The number of aromatic nitrogens is 8. The number of ketones is 1. The molecule has 5 aromatic rings. The molecule has 0 saturated heterocycles. The van der Waals surface area contributed by atoms with Crippen LogP contribution in [0.25, 0.3) is 33.5 Å². The molecule has 0 amide bonds. The lowest BCUT2D eigenvalue weighted by molar-refractivity contribution is 0.0977. The molecule has 38 heavy (non-hydrogen) atoms. The van der Waals surface area contributed by atoms with E-state index in [0.29, 0.717) is 42.7 Å². The van der Waals surface area contributed by atoms with Crippen molar-refractivity contribution in [2.24, 2.45) is 5.41 Å². The Balaban J connectivity index is 1.55. The van der Waals surface area contributed by atoms with Gasteiger partial charge in [-0.2, -0.15) is 0 Å². The van der Waals surface area contributed by atoms with Crippen molar-refractivity contribution in [2.45, 2.75) is 53.5 Å². The van der Waals surface area contributed by atoms with Crippen LogP contribution >= 0.6 is 0 Å². The van der Waals surface area contributed by atoms with E-state index >= 15 is 0 Å². The summed E-state index contributed by atoms with van der Waals surface area (Å²) in [5.74, 6) is 1.02. The summed E-state index contributed by atoms with van der Waals surface area (Å²) in [5, 5.41) is 33.0. The second kappa shape index (κ2) is 10.1. The number of nitrogens with one attached hydrogen (secondary N) is 1. The van der Waals surface area contributed by atoms with Gasteiger partial charge in [0.15, 0.2) is 17.3 Å². The fourth-order valence-corrected chi connectivity index (χ4v) is 4.58. The Morgan fingerprint density at radius 1 is 1.00 bits per heavy atom. The number of H-pyrrole nitrogens is 1. The van der Waals surface area contributed by atoms with Crippen LogP contribution in [0.15, 0.2) is 48.5 Å². The predicted octanol–water partition coefficient (Wildman–Crippen LogP) is 5.00. The molecule has 5 rings (SSSR count). The highest BCUT2D eigenvalue weighted by atomic mass is 16.3. The van der Waals surface area contributed by atoms with E-state index in [1.54, 1.807) is 0 Å². The van der Waals surface area contributed by atoms with Gasteiger partial charge in [0, 0.05) is 24.9 Å². The number of benzene rings is 2. The van der Waals surface area contributed by atoms with Crippen LogP contribution in [0.5, 0.6) is 5.88 Å². The summed E-state index contributed by atoms with van der Waals surface area (Å²) in [6.07, 6.45) is 1.70. The van der Waals surface area contributed by atoms with Gasteiger partial charge in [-0.05, 0) is 39.0 Å². The van der Waals surface area contributed by atoms with Gasteiger partial charge >= 0.3 is 0 Å². The summed E-state index contributed by atoms with van der Waals surface area (Å²) in [6.45, 7) is 8.79. The molecule has 10 heteroatoms. The van der Waals surface area contributed by atoms with Gasteiger partial charge in [-0.25, -0.2) is 10.1 Å². The lowest BCUT2D eigenvalue weighted by Crippen LogP contribution is -2.15. The van der Waals surface area contributed by atoms with Crippen molar-refractivity contribution in [3.63, 3.8) is 0 Å². The van der Waals surface area contributed by atoms with Crippen LogP contribution in [-0.4, -0.2) is 51.3 Å². The summed E-state index contributed by atoms with van der Waals surface area (Å²) in [6, 6.07) is 16.1. The highest BCUT2D eigenvalue weighted by Gasteiger charge is 2.25. The summed E-state index contributed by atoms with van der Waals surface area (Å²) >= 11 is 0. The van der Waals surface area contributed by atoms with Gasteiger partial charge < -0.3 is 9.67 Å². The maximum absolute atomic E-state index is 12.8. The van der Waals surface area contributed by atoms with Crippen molar-refractivity contribution in [3.05, 3.63) is 65.6 Å². The van der Waals surface area contributed by atoms with E-state index in [1.165, 1.54) is 0 Å². The van der Waals surface area contributed by atoms with E-state index in [4.69, 9.17) is 4.98 Å². The average Bonchev–Trinajstić information content (AvgIpc) is 3.53. The predicted molar refractivity (Wildman–Crippen MR) is 144 cm³/mol. The molecule has 0 fully saturated rings. The summed E-state index contributed by atoms with van der Waals surface area (Å²) in [4.78, 5) is 17.6. The van der Waals surface area contributed by atoms with Gasteiger partial charge in [0.05, 0.1) is 0 Å². The van der Waals surface area contributed by atoms with Crippen molar-refractivity contribution in [3.8, 4) is 28.4 Å². The highest BCUT2D eigenvalue weighted by Crippen LogP contribution is 2.32. The quantitative estimate of drug-likeness (QED) is 0.278. The highest BCUT2D eigenvalue weighted by molar-refractivity contribution is 6.05. The third-order valence-corrected chi connectivity index (χ3v) is 6.29. The first-order chi connectivity index (χ1) is 18.2. The van der Waals surface area contributed by atoms with E-state index in [0.717, 1.165) is 28.1 Å². The molecule has 0 unspecified atom stereocenters. The number of carbonyl (C=O) groups excluding carboxylic acids is 1. The summed E-state index contributed by atoms with van der Waals surface area (Å²) in [7, 11) is 0. The Morgan fingerprint density at radius 2 is 1.74 bits per heavy atom. The fraction of sp³-hybridized carbons (Fsp3) is 0.321. The van der Waals surface area contributed by atoms with Gasteiger partial charge in [0.1, 0.15) is 16.9 Å². The minimum Gasteiger partial charge on any atom is -0.491 e. The second-order valence-electron chi connectivity index (χ2n) is 10.6. The molecule has 3 aromatic heterocycles. The lowest BCUT2D eigenvalue weighted by Gasteiger charge is -2.19. The number of fused-ring (bicyclic) bond motifs is 1. The van der Waals surface area contributed by atoms with Crippen LogP contribution in [0.4, 0.5) is 0 Å². The smallest absolute Gasteiger partial charge is 0.257 e. The van der Waals surface area contributed by atoms with E-state index in [1.807, 2.05) is 47.9 Å². The molecule has 0 radical (unpaired) electrons. The standard InChI is InChI=1S/C28H30N8O2/c1-5-8-21(37)23-24-25(27(38)33-30-23)36(22(29-24)15-28(2,3)4)16-17-11-13-18(14-12-17)19-9-6-7-10-20(19)26-31-34-35-32-26/h6-7,9-14H,5,8,15-16H2,1-4H3,(H,33,38)(H,31,32,34,35). The first kappa shape index (κ1) is 25.2. The number of rotatable bonds is 8. The molecule has 10 nitrogen and oxygen atoms in total. The van der Waals surface area contributed by atoms with E-state index in [9.17, 15) is 9.90 Å². The number of carbonyl (C=O) groups is 1. The Labute approximate surface area is 220 Å². The third kappa shape index (κ3) is 5.02. The number of aromatic hydroxyl groups is 1. The average molecular weight is 511 g/mol. The zero-order valence-corrected chi connectivity index (χ0v) is 21.9. The first-order valence-electron chi connectivity index (χ1n) is 12.7. The van der Waals surface area contributed by atoms with Gasteiger partial charge in [-0.1, -0.05) is 76.2 Å². The van der Waals surface area contributed by atoms with Crippen LogP contribution in [0.1, 0.15) is 62.4 Å². The number of imidazole rings is 1. The van der Waals surface area contributed by atoms with Gasteiger partial charge in [-0.3, -0.25) is 4.79 Å². The maximum Gasteiger partial charge on any atom is 0.257 e. The minimum atomic E-state index is -0.230. The Kier molecular flexibility index (Phi) is 6.71. The number of Topliss-reactive ketones (excluding diaryl/α,β-unsaturated/α-hetero) is 1. The number of aromatic amines is 1. The number of hydrogen-bond donors (Lipinski definition) is 2. The van der Waals surface area contributed by atoms with Gasteiger partial charge in [0.2, 0.25) is 0 Å². The van der Waals surface area contributed by atoms with Crippen molar-refractivity contribution in [2.75, 3.05) is 0 Å². The zero-order valence-electron chi connectivity index (χ0n) is 21.9. The molecule has 3 heterocycles.